The lowest BCUT2D eigenvalue weighted by molar-refractivity contribution is 0.0927. The average molecular weight is 263 g/mol. The van der Waals surface area contributed by atoms with Crippen LogP contribution >= 0.6 is 0 Å². The fraction of sp³-hybridized carbons (Fsp3) is 0.571. The summed E-state index contributed by atoms with van der Waals surface area (Å²) in [4.78, 5) is 17.9. The molecule has 2 rings (SSSR count). The highest BCUT2D eigenvalue weighted by molar-refractivity contribution is 5.74. The van der Waals surface area contributed by atoms with Gasteiger partial charge in [0.15, 0.2) is 0 Å². The van der Waals surface area contributed by atoms with Crippen molar-refractivity contribution in [2.75, 3.05) is 13.1 Å². The first-order chi connectivity index (χ1) is 9.20. The minimum absolute atomic E-state index is 0.0161. The summed E-state index contributed by atoms with van der Waals surface area (Å²) in [5.41, 5.74) is 1.07. The van der Waals surface area contributed by atoms with Gasteiger partial charge >= 0.3 is 6.03 Å². The molecule has 0 aliphatic carbocycles. The molecule has 0 radical (unpaired) electrons. The molecule has 0 spiro atoms. The zero-order valence-corrected chi connectivity index (χ0v) is 11.2. The molecule has 0 aromatic carbocycles. The van der Waals surface area contributed by atoms with Crippen molar-refractivity contribution in [3.63, 3.8) is 0 Å². The molecule has 1 fully saturated rings. The van der Waals surface area contributed by atoms with Crippen LogP contribution in [-0.2, 0) is 0 Å². The number of carbonyl (C=O) groups is 1. The van der Waals surface area contributed by atoms with Gasteiger partial charge in [-0.15, -0.1) is 0 Å². The Hall–Kier alpha value is -1.62. The second-order valence-electron chi connectivity index (χ2n) is 4.91. The number of amides is 2. The molecule has 0 bridgehead atoms. The molecule has 1 atom stereocenters. The molecule has 0 saturated carbocycles. The average Bonchev–Trinajstić information content (AvgIpc) is 2.46. The van der Waals surface area contributed by atoms with E-state index in [1.165, 1.54) is 0 Å². The third-order valence-electron chi connectivity index (χ3n) is 3.57. The van der Waals surface area contributed by atoms with Crippen molar-refractivity contribution in [3.05, 3.63) is 30.1 Å². The summed E-state index contributed by atoms with van der Waals surface area (Å²) in [5, 5.41) is 12.5. The van der Waals surface area contributed by atoms with Crippen molar-refractivity contribution in [3.8, 4) is 0 Å². The summed E-state index contributed by atoms with van der Waals surface area (Å²) in [6.45, 7) is 3.30. The van der Waals surface area contributed by atoms with Crippen LogP contribution in [0.25, 0.3) is 0 Å². The molecule has 2 N–H and O–H groups in total. The van der Waals surface area contributed by atoms with Gasteiger partial charge in [-0.2, -0.15) is 0 Å². The second kappa shape index (κ2) is 6.52. The lowest BCUT2D eigenvalue weighted by Gasteiger charge is -2.31. The topological polar surface area (TPSA) is 65.5 Å². The first-order valence-corrected chi connectivity index (χ1v) is 6.84. The molecule has 0 unspecified atom stereocenters. The summed E-state index contributed by atoms with van der Waals surface area (Å²) in [6.07, 6.45) is 5.39. The predicted octanol–water partition coefficient (Wildman–Crippen LogP) is 1.70. The Morgan fingerprint density at radius 2 is 2.11 bits per heavy atom. The van der Waals surface area contributed by atoms with Crippen LogP contribution in [-0.4, -0.2) is 40.2 Å². The number of aliphatic hydroxyl groups is 1. The smallest absolute Gasteiger partial charge is 0.317 e. The Labute approximate surface area is 113 Å². The van der Waals surface area contributed by atoms with E-state index in [2.05, 4.69) is 10.3 Å². The first kappa shape index (κ1) is 13.8. The largest absolute Gasteiger partial charge is 0.393 e. The van der Waals surface area contributed by atoms with Crippen molar-refractivity contribution in [1.29, 1.82) is 0 Å². The standard InChI is InChI=1S/C14H21N3O2/c1-2-13(11-3-7-15-8-4-11)16-14(19)17-9-5-12(18)6-10-17/h3-4,7-8,12-13,18H,2,5-6,9-10H2,1H3,(H,16,19)/t13-/m1/s1. The number of nitrogens with one attached hydrogen (secondary N) is 1. The van der Waals surface area contributed by atoms with E-state index in [9.17, 15) is 9.90 Å². The fourth-order valence-electron chi connectivity index (χ4n) is 2.33. The molecule has 5 heteroatoms. The van der Waals surface area contributed by atoms with Crippen LogP contribution in [0, 0.1) is 0 Å². The summed E-state index contributed by atoms with van der Waals surface area (Å²) in [5.74, 6) is 0. The SMILES string of the molecule is CC[C@@H](NC(=O)N1CCC(O)CC1)c1ccncc1. The number of hydrogen-bond donors (Lipinski definition) is 2. The summed E-state index contributed by atoms with van der Waals surface area (Å²) >= 11 is 0. The number of hydrogen-bond acceptors (Lipinski definition) is 3. The number of urea groups is 1. The Morgan fingerprint density at radius 3 is 2.68 bits per heavy atom. The highest BCUT2D eigenvalue weighted by Gasteiger charge is 2.23. The molecular weight excluding hydrogens is 242 g/mol. The van der Waals surface area contributed by atoms with Crippen LogP contribution in [0.15, 0.2) is 24.5 Å². The zero-order valence-electron chi connectivity index (χ0n) is 11.2. The maximum Gasteiger partial charge on any atom is 0.317 e. The van der Waals surface area contributed by atoms with E-state index in [0.717, 1.165) is 12.0 Å². The maximum atomic E-state index is 12.2. The van der Waals surface area contributed by atoms with Crippen LogP contribution < -0.4 is 5.32 Å². The van der Waals surface area contributed by atoms with Crippen LogP contribution in [0.5, 0.6) is 0 Å². The molecule has 5 nitrogen and oxygen atoms in total. The van der Waals surface area contributed by atoms with Crippen LogP contribution in [0.4, 0.5) is 4.79 Å². The van der Waals surface area contributed by atoms with Gasteiger partial charge < -0.3 is 15.3 Å². The molecule has 1 aliphatic heterocycles. The van der Waals surface area contributed by atoms with E-state index in [0.29, 0.717) is 25.9 Å². The number of likely N-dealkylation sites (tertiary alicyclic amines) is 1. The lowest BCUT2D eigenvalue weighted by Crippen LogP contribution is -2.46. The zero-order chi connectivity index (χ0) is 13.7. The molecule has 1 aromatic rings. The van der Waals surface area contributed by atoms with E-state index < -0.39 is 0 Å². The number of rotatable bonds is 3. The number of piperidine rings is 1. The van der Waals surface area contributed by atoms with Crippen molar-refractivity contribution in [2.24, 2.45) is 0 Å². The van der Waals surface area contributed by atoms with Gasteiger partial charge in [-0.25, -0.2) is 4.79 Å². The van der Waals surface area contributed by atoms with E-state index in [1.54, 1.807) is 17.3 Å². The molecule has 2 heterocycles. The Bertz CT molecular complexity index is 402. The molecule has 1 aliphatic rings. The minimum Gasteiger partial charge on any atom is -0.393 e. The van der Waals surface area contributed by atoms with E-state index in [-0.39, 0.29) is 18.2 Å². The summed E-state index contributed by atoms with van der Waals surface area (Å²) < 4.78 is 0. The number of aromatic nitrogens is 1. The fourth-order valence-corrected chi connectivity index (χ4v) is 2.33. The third kappa shape index (κ3) is 3.67. The highest BCUT2D eigenvalue weighted by Crippen LogP contribution is 2.17. The maximum absolute atomic E-state index is 12.2. The number of nitrogens with zero attached hydrogens (tertiary/aromatic N) is 2. The van der Waals surface area contributed by atoms with Gasteiger partial charge in [0.2, 0.25) is 0 Å². The van der Waals surface area contributed by atoms with Crippen molar-refractivity contribution in [2.45, 2.75) is 38.3 Å². The van der Waals surface area contributed by atoms with Gasteiger partial charge in [-0.1, -0.05) is 6.92 Å². The van der Waals surface area contributed by atoms with E-state index in [4.69, 9.17) is 0 Å². The quantitative estimate of drug-likeness (QED) is 0.872. The first-order valence-electron chi connectivity index (χ1n) is 6.84. The molecule has 104 valence electrons. The van der Waals surface area contributed by atoms with E-state index >= 15 is 0 Å². The minimum atomic E-state index is -0.258. The van der Waals surface area contributed by atoms with Crippen LogP contribution in [0.3, 0.4) is 0 Å². The molecular formula is C14H21N3O2. The Kier molecular flexibility index (Phi) is 4.74. The highest BCUT2D eigenvalue weighted by atomic mass is 16.3. The predicted molar refractivity (Wildman–Crippen MR) is 72.6 cm³/mol. The Balaban J connectivity index is 1.93. The number of carbonyl (C=O) groups excluding carboxylic acids is 1. The molecule has 1 saturated heterocycles. The summed E-state index contributed by atoms with van der Waals surface area (Å²) in [6, 6.07) is 3.82. The normalized spacial score (nSPS) is 18.1. The molecule has 19 heavy (non-hydrogen) atoms. The van der Waals surface area contributed by atoms with Gasteiger partial charge in [0, 0.05) is 25.5 Å². The van der Waals surface area contributed by atoms with Gasteiger partial charge in [0.25, 0.3) is 0 Å². The second-order valence-corrected chi connectivity index (χ2v) is 4.91. The molecule has 1 aromatic heterocycles. The summed E-state index contributed by atoms with van der Waals surface area (Å²) in [7, 11) is 0. The number of aliphatic hydroxyl groups excluding tert-OH is 1. The third-order valence-corrected chi connectivity index (χ3v) is 3.57. The van der Waals surface area contributed by atoms with E-state index in [1.807, 2.05) is 19.1 Å². The van der Waals surface area contributed by atoms with Crippen LogP contribution in [0.1, 0.15) is 37.8 Å². The number of pyridine rings is 1. The van der Waals surface area contributed by atoms with Gasteiger partial charge in [0.05, 0.1) is 12.1 Å². The Morgan fingerprint density at radius 1 is 1.47 bits per heavy atom. The van der Waals surface area contributed by atoms with Gasteiger partial charge in [0.1, 0.15) is 0 Å². The van der Waals surface area contributed by atoms with Crippen LogP contribution in [0.2, 0.25) is 0 Å². The van der Waals surface area contributed by atoms with Crippen molar-refractivity contribution >= 4 is 6.03 Å². The van der Waals surface area contributed by atoms with Gasteiger partial charge in [-0.05, 0) is 37.0 Å². The lowest BCUT2D eigenvalue weighted by atomic mass is 10.1. The molecule has 2 amide bonds. The van der Waals surface area contributed by atoms with Crippen molar-refractivity contribution in [1.82, 2.24) is 15.2 Å². The monoisotopic (exact) mass is 263 g/mol. The van der Waals surface area contributed by atoms with Crippen molar-refractivity contribution < 1.29 is 9.90 Å². The van der Waals surface area contributed by atoms with Gasteiger partial charge in [-0.3, -0.25) is 4.98 Å².